The lowest BCUT2D eigenvalue weighted by Crippen LogP contribution is -2.39. The highest BCUT2D eigenvalue weighted by Gasteiger charge is 2.35. The minimum Gasteiger partial charge on any atom is -0.367 e. The van der Waals surface area contributed by atoms with Crippen LogP contribution in [0, 0.1) is 11.7 Å². The second-order valence-corrected chi connectivity index (χ2v) is 11.8. The van der Waals surface area contributed by atoms with Gasteiger partial charge >= 0.3 is 0 Å². The van der Waals surface area contributed by atoms with E-state index in [0.717, 1.165) is 11.8 Å². The maximum absolute atomic E-state index is 14.9. The molecule has 0 radical (unpaired) electrons. The quantitative estimate of drug-likeness (QED) is 0.592. The number of halogens is 1. The Kier molecular flexibility index (Phi) is 7.20. The van der Waals surface area contributed by atoms with Crippen LogP contribution < -0.4 is 14.9 Å². The van der Waals surface area contributed by atoms with Gasteiger partial charge in [0.2, 0.25) is 10.0 Å². The van der Waals surface area contributed by atoms with E-state index in [1.807, 2.05) is 17.9 Å². The van der Waals surface area contributed by atoms with Crippen molar-refractivity contribution in [3.63, 3.8) is 0 Å². The predicted octanol–water partition coefficient (Wildman–Crippen LogP) is 2.38. The third-order valence-electron chi connectivity index (χ3n) is 6.02. The first-order valence-electron chi connectivity index (χ1n) is 10.9. The number of aliphatic imine (C=N–C) groups is 1. The van der Waals surface area contributed by atoms with E-state index in [1.54, 1.807) is 24.5 Å². The zero-order valence-corrected chi connectivity index (χ0v) is 20.6. The largest absolute Gasteiger partial charge is 0.367 e. The maximum Gasteiger partial charge on any atom is 0.270 e. The number of piperidine rings is 1. The summed E-state index contributed by atoms with van der Waals surface area (Å²) in [5.74, 6) is -0.173. The fourth-order valence-corrected chi connectivity index (χ4v) is 5.74. The van der Waals surface area contributed by atoms with Crippen molar-refractivity contribution in [2.75, 3.05) is 41.9 Å². The lowest BCUT2D eigenvalue weighted by Gasteiger charge is -2.34. The van der Waals surface area contributed by atoms with Crippen molar-refractivity contribution in [1.82, 2.24) is 14.9 Å². The number of carbonyl (C=O) groups excluding carboxylic acids is 1. The molecule has 9 nitrogen and oxygen atoms in total. The fourth-order valence-electron chi connectivity index (χ4n) is 4.12. The molecule has 1 aromatic heterocycles. The highest BCUT2D eigenvalue weighted by molar-refractivity contribution is 8.01. The van der Waals surface area contributed by atoms with Crippen molar-refractivity contribution in [2.24, 2.45) is 10.9 Å². The Labute approximate surface area is 202 Å². The van der Waals surface area contributed by atoms with Crippen LogP contribution in [0.15, 0.2) is 41.7 Å². The molecule has 1 aromatic carbocycles. The summed E-state index contributed by atoms with van der Waals surface area (Å²) < 4.78 is 40.1. The molecule has 3 heterocycles. The van der Waals surface area contributed by atoms with Crippen LogP contribution in [-0.2, 0) is 19.7 Å². The van der Waals surface area contributed by atoms with E-state index in [0.29, 0.717) is 55.3 Å². The van der Waals surface area contributed by atoms with E-state index in [2.05, 4.69) is 25.2 Å². The number of benzene rings is 1. The van der Waals surface area contributed by atoms with Gasteiger partial charge in [0.25, 0.3) is 5.91 Å². The van der Waals surface area contributed by atoms with Gasteiger partial charge in [-0.3, -0.25) is 9.79 Å². The van der Waals surface area contributed by atoms with Crippen molar-refractivity contribution in [3.05, 3.63) is 48.0 Å². The molecule has 0 bridgehead atoms. The molecule has 2 aliphatic rings. The highest BCUT2D eigenvalue weighted by Crippen LogP contribution is 2.42. The van der Waals surface area contributed by atoms with Crippen LogP contribution in [-0.4, -0.2) is 61.9 Å². The van der Waals surface area contributed by atoms with Gasteiger partial charge in [-0.05, 0) is 43.9 Å². The molecule has 182 valence electrons. The molecule has 1 amide bonds. The van der Waals surface area contributed by atoms with E-state index >= 15 is 0 Å². The summed E-state index contributed by atoms with van der Waals surface area (Å²) in [4.78, 5) is 18.9. The molecular weight excluding hydrogens is 479 g/mol. The van der Waals surface area contributed by atoms with Gasteiger partial charge < -0.3 is 10.2 Å². The number of hydrogen-bond donors (Lipinski definition) is 2. The fraction of sp³-hybridized carbons (Fsp3) is 0.455. The summed E-state index contributed by atoms with van der Waals surface area (Å²) in [7, 11) is -3.24. The number of sulfonamides is 1. The maximum atomic E-state index is 14.9. The second kappa shape index (κ2) is 9.96. The topological polar surface area (TPSA) is 117 Å². The Morgan fingerprint density at radius 1 is 1.26 bits per heavy atom. The molecule has 2 N–H and O–H groups in total. The van der Waals surface area contributed by atoms with E-state index < -0.39 is 20.7 Å². The third kappa shape index (κ3) is 5.73. The Bertz CT molecular complexity index is 1190. The zero-order chi connectivity index (χ0) is 24.3. The van der Waals surface area contributed by atoms with E-state index in [-0.39, 0.29) is 11.8 Å². The second-order valence-electron chi connectivity index (χ2n) is 8.60. The Morgan fingerprint density at radius 2 is 2.03 bits per heavy atom. The predicted molar refractivity (Wildman–Crippen MR) is 132 cm³/mol. The van der Waals surface area contributed by atoms with Gasteiger partial charge in [-0.15, -0.1) is 11.8 Å². The van der Waals surface area contributed by atoms with Gasteiger partial charge in [-0.2, -0.15) is 10.2 Å². The molecule has 0 spiro atoms. The van der Waals surface area contributed by atoms with Crippen LogP contribution in [0.1, 0.15) is 25.3 Å². The first-order valence-corrected chi connectivity index (χ1v) is 13.8. The van der Waals surface area contributed by atoms with Crippen molar-refractivity contribution in [1.29, 1.82) is 0 Å². The monoisotopic (exact) mass is 506 g/mol. The van der Waals surface area contributed by atoms with Crippen LogP contribution in [0.3, 0.4) is 0 Å². The first-order chi connectivity index (χ1) is 16.1. The molecule has 2 aromatic rings. The minimum atomic E-state index is -3.24. The van der Waals surface area contributed by atoms with Crippen LogP contribution in [0.4, 0.5) is 15.8 Å². The normalized spacial score (nSPS) is 21.4. The number of thioether (sulfide) groups is 1. The van der Waals surface area contributed by atoms with E-state index in [1.165, 1.54) is 17.8 Å². The van der Waals surface area contributed by atoms with Crippen molar-refractivity contribution in [3.8, 4) is 0 Å². The number of para-hydroxylation sites is 1. The van der Waals surface area contributed by atoms with Gasteiger partial charge in [-0.1, -0.05) is 6.07 Å². The van der Waals surface area contributed by atoms with Crippen molar-refractivity contribution >= 4 is 44.8 Å². The number of aromatic nitrogens is 2. The molecule has 12 heteroatoms. The molecule has 34 heavy (non-hydrogen) atoms. The van der Waals surface area contributed by atoms with Crippen LogP contribution in [0.2, 0.25) is 0 Å². The average Bonchev–Trinajstić information content (AvgIpc) is 3.22. The van der Waals surface area contributed by atoms with Crippen molar-refractivity contribution < 1.29 is 17.6 Å². The van der Waals surface area contributed by atoms with Crippen molar-refractivity contribution in [2.45, 2.75) is 24.6 Å². The average molecular weight is 507 g/mol. The minimum absolute atomic E-state index is 0.181. The SMILES string of the molecule is CC1(c2ccnnc2)N=C(C(=O)Nc2cccc(F)c2N2CCC(CNS(C)(=O)=O)CC2)CS1. The van der Waals surface area contributed by atoms with Crippen LogP contribution in [0.25, 0.3) is 0 Å². The Morgan fingerprint density at radius 3 is 2.71 bits per heavy atom. The number of amides is 1. The van der Waals surface area contributed by atoms with Gasteiger partial charge in [0.15, 0.2) is 0 Å². The molecule has 0 saturated carbocycles. The van der Waals surface area contributed by atoms with Crippen LogP contribution >= 0.6 is 11.8 Å². The summed E-state index contributed by atoms with van der Waals surface area (Å²) in [6.45, 7) is 3.41. The number of carbonyl (C=O) groups is 1. The number of hydrogen-bond acceptors (Lipinski definition) is 8. The standard InChI is InChI=1S/C22H27FN6O3S2/c1-22(16-6-9-24-25-13-16)28-19(14-33-22)21(30)27-18-5-3-4-17(23)20(18)29-10-7-15(8-11-29)12-26-34(2,31)32/h3-6,9,13,15,26H,7-8,10-12,14H2,1-2H3,(H,27,30). The molecule has 0 aliphatic carbocycles. The summed E-state index contributed by atoms with van der Waals surface area (Å²) in [5.41, 5.74) is 1.97. The van der Waals surface area contributed by atoms with Gasteiger partial charge in [0.05, 0.1) is 23.8 Å². The third-order valence-corrected chi connectivity index (χ3v) is 8.02. The van der Waals surface area contributed by atoms with Gasteiger partial charge in [0.1, 0.15) is 16.4 Å². The van der Waals surface area contributed by atoms with Crippen LogP contribution in [0.5, 0.6) is 0 Å². The lowest BCUT2D eigenvalue weighted by molar-refractivity contribution is -0.110. The lowest BCUT2D eigenvalue weighted by atomic mass is 9.96. The molecular formula is C22H27FN6O3S2. The highest BCUT2D eigenvalue weighted by atomic mass is 32.2. The molecule has 2 aliphatic heterocycles. The smallest absolute Gasteiger partial charge is 0.270 e. The number of nitrogens with zero attached hydrogens (tertiary/aromatic N) is 4. The molecule has 1 atom stereocenters. The Balaban J connectivity index is 1.46. The van der Waals surface area contributed by atoms with E-state index in [4.69, 9.17) is 0 Å². The summed E-state index contributed by atoms with van der Waals surface area (Å²) >= 11 is 1.52. The van der Waals surface area contributed by atoms with Gasteiger partial charge in [-0.25, -0.2) is 17.5 Å². The number of anilines is 2. The zero-order valence-electron chi connectivity index (χ0n) is 19.0. The molecule has 1 saturated heterocycles. The Hall–Kier alpha value is -2.57. The molecule has 1 fully saturated rings. The summed E-state index contributed by atoms with van der Waals surface area (Å²) in [6, 6.07) is 6.44. The first kappa shape index (κ1) is 24.6. The number of nitrogens with one attached hydrogen (secondary N) is 2. The number of rotatable bonds is 7. The summed E-state index contributed by atoms with van der Waals surface area (Å²) in [5, 5.41) is 10.5. The molecule has 1 unspecified atom stereocenters. The van der Waals surface area contributed by atoms with E-state index in [9.17, 15) is 17.6 Å². The molecule has 4 rings (SSSR count). The van der Waals surface area contributed by atoms with Gasteiger partial charge in [0, 0.05) is 37.1 Å². The summed E-state index contributed by atoms with van der Waals surface area (Å²) in [6.07, 6.45) is 5.79.